The summed E-state index contributed by atoms with van der Waals surface area (Å²) in [5.74, 6) is 0.278. The summed E-state index contributed by atoms with van der Waals surface area (Å²) in [6.07, 6.45) is 2.29. The maximum atomic E-state index is 11.8. The van der Waals surface area contributed by atoms with Crippen LogP contribution in [0.1, 0.15) is 33.6 Å². The molecule has 5 nitrogen and oxygen atoms in total. The first-order chi connectivity index (χ1) is 8.87. The first-order valence-electron chi connectivity index (χ1n) is 7.16. The molecule has 1 rings (SSSR count). The van der Waals surface area contributed by atoms with Crippen LogP contribution in [0, 0.1) is 5.92 Å². The van der Waals surface area contributed by atoms with Gasteiger partial charge in [-0.15, -0.1) is 0 Å². The third-order valence-corrected chi connectivity index (χ3v) is 3.42. The lowest BCUT2D eigenvalue weighted by Gasteiger charge is -2.35. The highest BCUT2D eigenvalue weighted by atomic mass is 16.5. The second-order valence-electron chi connectivity index (χ2n) is 6.24. The summed E-state index contributed by atoms with van der Waals surface area (Å²) in [4.78, 5) is 14.0. The lowest BCUT2D eigenvalue weighted by atomic mass is 9.99. The number of hydrogen-bond donors (Lipinski definition) is 2. The van der Waals surface area contributed by atoms with E-state index in [9.17, 15) is 4.79 Å². The van der Waals surface area contributed by atoms with Crippen LogP contribution in [-0.4, -0.2) is 55.7 Å². The first-order valence-corrected chi connectivity index (χ1v) is 7.16. The van der Waals surface area contributed by atoms with Crippen LogP contribution in [0.3, 0.4) is 0 Å². The minimum Gasteiger partial charge on any atom is -0.383 e. The summed E-state index contributed by atoms with van der Waals surface area (Å²) in [5, 5.41) is 3.39. The second kappa shape index (κ2) is 7.22. The van der Waals surface area contributed by atoms with E-state index >= 15 is 0 Å². The van der Waals surface area contributed by atoms with Crippen LogP contribution in [0.4, 0.5) is 0 Å². The molecule has 1 atom stereocenters. The van der Waals surface area contributed by atoms with Crippen LogP contribution >= 0.6 is 0 Å². The number of carbonyl (C=O) groups is 1. The Kier molecular flexibility index (Phi) is 6.23. The predicted molar refractivity (Wildman–Crippen MR) is 76.9 cm³/mol. The summed E-state index contributed by atoms with van der Waals surface area (Å²) >= 11 is 0. The van der Waals surface area contributed by atoms with Gasteiger partial charge in [-0.2, -0.15) is 0 Å². The smallest absolute Gasteiger partial charge is 0.238 e. The van der Waals surface area contributed by atoms with Gasteiger partial charge in [0.2, 0.25) is 5.91 Å². The number of nitrogens with one attached hydrogen (secondary N) is 1. The van der Waals surface area contributed by atoms with E-state index in [-0.39, 0.29) is 5.91 Å². The van der Waals surface area contributed by atoms with Crippen molar-refractivity contribution in [3.05, 3.63) is 0 Å². The van der Waals surface area contributed by atoms with Crippen molar-refractivity contribution in [2.24, 2.45) is 11.7 Å². The third kappa shape index (κ3) is 5.89. The highest BCUT2D eigenvalue weighted by Gasteiger charge is 2.38. The number of carbonyl (C=O) groups excluding carboxylic acids is 1. The lowest BCUT2D eigenvalue weighted by molar-refractivity contribution is -0.124. The lowest BCUT2D eigenvalue weighted by Crippen LogP contribution is -2.60. The number of rotatable bonds is 10. The largest absolute Gasteiger partial charge is 0.383 e. The van der Waals surface area contributed by atoms with Gasteiger partial charge in [0.1, 0.15) is 5.54 Å². The van der Waals surface area contributed by atoms with Gasteiger partial charge in [-0.1, -0.05) is 13.8 Å². The topological polar surface area (TPSA) is 67.6 Å². The van der Waals surface area contributed by atoms with Crippen molar-refractivity contribution in [3.8, 4) is 0 Å². The number of ether oxygens (including phenoxy) is 1. The molecule has 0 saturated heterocycles. The quantitative estimate of drug-likeness (QED) is 0.610. The molecule has 19 heavy (non-hydrogen) atoms. The molecule has 0 bridgehead atoms. The number of nitrogens with two attached hydrogens (primary N) is 1. The van der Waals surface area contributed by atoms with Crippen LogP contribution in [0.25, 0.3) is 0 Å². The van der Waals surface area contributed by atoms with E-state index < -0.39 is 5.54 Å². The number of hydrogen-bond acceptors (Lipinski definition) is 4. The van der Waals surface area contributed by atoms with E-state index in [2.05, 4.69) is 24.1 Å². The van der Waals surface area contributed by atoms with Gasteiger partial charge in [-0.3, -0.25) is 15.0 Å². The summed E-state index contributed by atoms with van der Waals surface area (Å²) in [5.41, 5.74) is 4.95. The maximum Gasteiger partial charge on any atom is 0.238 e. The molecule has 0 aromatic heterocycles. The summed E-state index contributed by atoms with van der Waals surface area (Å²) in [6.45, 7) is 9.34. The molecular weight excluding hydrogens is 242 g/mol. The zero-order valence-corrected chi connectivity index (χ0v) is 12.7. The van der Waals surface area contributed by atoms with E-state index in [4.69, 9.17) is 10.5 Å². The number of primary amides is 1. The van der Waals surface area contributed by atoms with Gasteiger partial charge in [-0.05, 0) is 25.7 Å². The predicted octanol–water partition coefficient (Wildman–Crippen LogP) is 0.587. The summed E-state index contributed by atoms with van der Waals surface area (Å²) in [6, 6.07) is 0.459. The Morgan fingerprint density at radius 1 is 1.53 bits per heavy atom. The molecule has 0 radical (unpaired) electrons. The van der Waals surface area contributed by atoms with Gasteiger partial charge in [0.25, 0.3) is 0 Å². The molecular formula is C14H29N3O2. The fourth-order valence-corrected chi connectivity index (χ4v) is 2.29. The molecule has 1 aliphatic carbocycles. The fraction of sp³-hybridized carbons (Fsp3) is 0.929. The number of methoxy groups -OCH3 is 1. The van der Waals surface area contributed by atoms with Crippen molar-refractivity contribution < 1.29 is 9.53 Å². The average Bonchev–Trinajstić information content (AvgIpc) is 3.08. The van der Waals surface area contributed by atoms with Crippen molar-refractivity contribution in [2.75, 3.05) is 33.4 Å². The van der Waals surface area contributed by atoms with Gasteiger partial charge in [0, 0.05) is 32.8 Å². The molecule has 0 aliphatic heterocycles. The number of nitrogens with zero attached hydrogens (tertiary/aromatic N) is 1. The standard InChI is InChI=1S/C14H29N3O2/c1-11(2)9-17(7-8-19-4)10-14(3,13(15)18)16-12-5-6-12/h11-12,16H,5-10H2,1-4H3,(H2,15,18). The first kappa shape index (κ1) is 16.4. The molecule has 0 spiro atoms. The van der Waals surface area contributed by atoms with Gasteiger partial charge >= 0.3 is 0 Å². The zero-order chi connectivity index (χ0) is 14.5. The molecule has 112 valence electrons. The van der Waals surface area contributed by atoms with Crippen LogP contribution in [-0.2, 0) is 9.53 Å². The Hall–Kier alpha value is -0.650. The minimum absolute atomic E-state index is 0.273. The molecule has 5 heteroatoms. The molecule has 0 aromatic rings. The SMILES string of the molecule is COCCN(CC(C)C)CC(C)(NC1CC1)C(N)=O. The molecule has 0 heterocycles. The molecule has 1 aliphatic rings. The normalized spacial score (nSPS) is 18.8. The van der Waals surface area contributed by atoms with Crippen molar-refractivity contribution in [1.82, 2.24) is 10.2 Å². The molecule has 3 N–H and O–H groups in total. The highest BCUT2D eigenvalue weighted by molar-refractivity contribution is 5.84. The Bertz CT molecular complexity index is 292. The van der Waals surface area contributed by atoms with E-state index in [0.29, 0.717) is 25.1 Å². The van der Waals surface area contributed by atoms with Crippen LogP contribution in [0.15, 0.2) is 0 Å². The Morgan fingerprint density at radius 2 is 2.16 bits per heavy atom. The van der Waals surface area contributed by atoms with Crippen molar-refractivity contribution >= 4 is 5.91 Å². The van der Waals surface area contributed by atoms with Crippen LogP contribution < -0.4 is 11.1 Å². The van der Waals surface area contributed by atoms with Gasteiger partial charge in [0.05, 0.1) is 6.61 Å². The molecule has 1 fully saturated rings. The molecule has 1 unspecified atom stereocenters. The van der Waals surface area contributed by atoms with Crippen molar-refractivity contribution in [2.45, 2.75) is 45.2 Å². The van der Waals surface area contributed by atoms with E-state index in [1.807, 2.05) is 6.92 Å². The maximum absolute atomic E-state index is 11.8. The number of amides is 1. The van der Waals surface area contributed by atoms with E-state index in [0.717, 1.165) is 25.9 Å². The van der Waals surface area contributed by atoms with E-state index in [1.54, 1.807) is 7.11 Å². The van der Waals surface area contributed by atoms with Crippen molar-refractivity contribution in [1.29, 1.82) is 0 Å². The minimum atomic E-state index is -0.649. The zero-order valence-electron chi connectivity index (χ0n) is 12.7. The third-order valence-electron chi connectivity index (χ3n) is 3.42. The van der Waals surface area contributed by atoms with Gasteiger partial charge in [-0.25, -0.2) is 0 Å². The van der Waals surface area contributed by atoms with Crippen LogP contribution in [0.5, 0.6) is 0 Å². The Balaban J connectivity index is 2.61. The van der Waals surface area contributed by atoms with Crippen LogP contribution in [0.2, 0.25) is 0 Å². The average molecular weight is 271 g/mol. The molecule has 0 aromatic carbocycles. The van der Waals surface area contributed by atoms with Gasteiger partial charge in [0.15, 0.2) is 0 Å². The molecule has 1 amide bonds. The summed E-state index contributed by atoms with van der Waals surface area (Å²) in [7, 11) is 1.70. The molecule has 1 saturated carbocycles. The highest BCUT2D eigenvalue weighted by Crippen LogP contribution is 2.23. The monoisotopic (exact) mass is 271 g/mol. The van der Waals surface area contributed by atoms with E-state index in [1.165, 1.54) is 0 Å². The second-order valence-corrected chi connectivity index (χ2v) is 6.24. The van der Waals surface area contributed by atoms with Crippen molar-refractivity contribution in [3.63, 3.8) is 0 Å². The van der Waals surface area contributed by atoms with Gasteiger partial charge < -0.3 is 10.5 Å². The summed E-state index contributed by atoms with van der Waals surface area (Å²) < 4.78 is 5.14. The fourth-order valence-electron chi connectivity index (χ4n) is 2.29. The Morgan fingerprint density at radius 3 is 2.58 bits per heavy atom. The Labute approximate surface area is 116 Å².